The second-order valence-electron chi connectivity index (χ2n) is 16.3. The molecule has 0 saturated carbocycles. The lowest BCUT2D eigenvalue weighted by molar-refractivity contribution is -0.144. The maximum atomic E-state index is 13.7. The van der Waals surface area contributed by atoms with E-state index < -0.39 is 84.8 Å². The number of aliphatic carboxylic acids is 4. The van der Waals surface area contributed by atoms with Crippen LogP contribution in [-0.2, 0) is 44.9 Å². The predicted molar refractivity (Wildman–Crippen MR) is 230 cm³/mol. The summed E-state index contributed by atoms with van der Waals surface area (Å²) >= 11 is 6.10. The van der Waals surface area contributed by atoms with Crippen molar-refractivity contribution < 1.29 is 72.4 Å². The lowest BCUT2D eigenvalue weighted by Gasteiger charge is -2.32. The highest BCUT2D eigenvalue weighted by atomic mass is 35.5. The third-order valence-corrected chi connectivity index (χ3v) is 11.2. The number of aromatic nitrogens is 1. The summed E-state index contributed by atoms with van der Waals surface area (Å²) in [5.74, 6) is -11.9. The molecule has 0 aromatic carbocycles. The molecule has 67 heavy (non-hydrogen) atoms. The lowest BCUT2D eigenvalue weighted by Crippen LogP contribution is -2.49. The molecule has 2 saturated heterocycles. The van der Waals surface area contributed by atoms with Crippen molar-refractivity contribution >= 4 is 64.9 Å². The standard InChI is InChI=1S/C41H57ClF2N10O13/c42-32-20-47-28(16-31(32)39(65)49-21-35(58)54-26-41(43,44)17-29(54)18-45)19-48-33(56)5-4-30(55)15-27(40(66)67)3-1-2-6-46-34(57)22-50-7-9-51(23-36(59)60)11-13-53(25-38(63)64)14-12-52(10-8-50)24-37(61)62/h16,20,27,29H,1-15,17,19,21-26H2,(H,46,57)(H,48,56)(H,49,65)(H,59,60)(H,61,62)(H,63,64)(H,66,67)/t27?,29-/m0/s1. The predicted octanol–water partition coefficient (Wildman–Crippen LogP) is -0.957. The summed E-state index contributed by atoms with van der Waals surface area (Å²) in [4.78, 5) is 121. The number of halogens is 3. The number of carbonyl (C=O) groups excluding carboxylic acids is 5. The zero-order valence-corrected chi connectivity index (χ0v) is 37.6. The zero-order valence-electron chi connectivity index (χ0n) is 36.8. The number of carboxylic acids is 4. The van der Waals surface area contributed by atoms with Gasteiger partial charge in [-0.25, -0.2) is 8.78 Å². The number of nitriles is 1. The number of likely N-dealkylation sites (tertiary alicyclic amines) is 1. The van der Waals surface area contributed by atoms with Crippen molar-refractivity contribution in [3.63, 3.8) is 0 Å². The Bertz CT molecular complexity index is 1960. The summed E-state index contributed by atoms with van der Waals surface area (Å²) in [6.45, 7) is -0.770. The van der Waals surface area contributed by atoms with Crippen LogP contribution in [0.15, 0.2) is 12.3 Å². The van der Waals surface area contributed by atoms with Crippen LogP contribution in [0.25, 0.3) is 0 Å². The average molecular weight is 971 g/mol. The molecule has 3 rings (SSSR count). The van der Waals surface area contributed by atoms with Gasteiger partial charge in [0.05, 0.1) is 74.1 Å². The summed E-state index contributed by atoms with van der Waals surface area (Å²) < 4.78 is 27.5. The third-order valence-electron chi connectivity index (χ3n) is 10.9. The molecule has 2 aliphatic heterocycles. The van der Waals surface area contributed by atoms with Crippen molar-refractivity contribution in [2.45, 2.75) is 63.5 Å². The molecule has 3 heterocycles. The van der Waals surface area contributed by atoms with Crippen molar-refractivity contribution in [1.82, 2.24) is 45.4 Å². The molecule has 7 N–H and O–H groups in total. The number of hydrogen-bond acceptors (Lipinski definition) is 15. The molecule has 370 valence electrons. The quantitative estimate of drug-likeness (QED) is 0.0614. The molecule has 2 atom stereocenters. The number of Topliss-reactive ketones (excluding diaryl/α,β-unsaturated/α-hetero) is 1. The Hall–Kier alpha value is -5.94. The minimum Gasteiger partial charge on any atom is -0.481 e. The van der Waals surface area contributed by atoms with Crippen LogP contribution in [0, 0.1) is 17.2 Å². The van der Waals surface area contributed by atoms with Crippen LogP contribution in [0.1, 0.15) is 61.0 Å². The van der Waals surface area contributed by atoms with E-state index in [2.05, 4.69) is 20.9 Å². The first-order valence-corrected chi connectivity index (χ1v) is 21.8. The van der Waals surface area contributed by atoms with Gasteiger partial charge in [-0.05, 0) is 18.9 Å². The van der Waals surface area contributed by atoms with E-state index in [-0.39, 0.29) is 139 Å². The number of amides is 4. The molecule has 1 unspecified atom stereocenters. The van der Waals surface area contributed by atoms with E-state index in [1.807, 2.05) is 0 Å². The normalized spacial score (nSPS) is 18.1. The second kappa shape index (κ2) is 27.6. The minimum atomic E-state index is -3.23. The van der Waals surface area contributed by atoms with Gasteiger partial charge < -0.3 is 41.3 Å². The molecule has 2 fully saturated rings. The topological polar surface area (TPSA) is 324 Å². The Labute approximate surface area is 389 Å². The van der Waals surface area contributed by atoms with Crippen LogP contribution in [-0.4, -0.2) is 213 Å². The van der Waals surface area contributed by atoms with E-state index in [0.717, 1.165) is 6.20 Å². The zero-order chi connectivity index (χ0) is 49.7. The van der Waals surface area contributed by atoms with Gasteiger partial charge in [0.2, 0.25) is 17.7 Å². The van der Waals surface area contributed by atoms with Crippen LogP contribution < -0.4 is 16.0 Å². The van der Waals surface area contributed by atoms with E-state index in [9.17, 15) is 72.4 Å². The maximum absolute atomic E-state index is 13.7. The summed E-state index contributed by atoms with van der Waals surface area (Å²) in [5.41, 5.74) is 0.0351. The van der Waals surface area contributed by atoms with E-state index in [1.165, 1.54) is 6.07 Å². The average Bonchev–Trinajstić information content (AvgIpc) is 3.58. The van der Waals surface area contributed by atoms with Gasteiger partial charge in [-0.15, -0.1) is 0 Å². The van der Waals surface area contributed by atoms with Crippen molar-refractivity contribution in [2.24, 2.45) is 5.92 Å². The number of nitrogens with one attached hydrogen (secondary N) is 3. The second-order valence-corrected chi connectivity index (χ2v) is 16.7. The monoisotopic (exact) mass is 970 g/mol. The van der Waals surface area contributed by atoms with E-state index in [4.69, 9.17) is 16.9 Å². The van der Waals surface area contributed by atoms with Crippen molar-refractivity contribution in [3.8, 4) is 6.07 Å². The number of carbonyl (C=O) groups is 9. The van der Waals surface area contributed by atoms with Gasteiger partial charge in [0.1, 0.15) is 11.8 Å². The fourth-order valence-corrected chi connectivity index (χ4v) is 7.50. The molecule has 1 aromatic rings. The molecule has 0 aliphatic carbocycles. The van der Waals surface area contributed by atoms with Crippen LogP contribution in [0.2, 0.25) is 5.02 Å². The number of nitrogens with zero attached hydrogens (tertiary/aromatic N) is 7. The Kier molecular flexibility index (Phi) is 22.8. The van der Waals surface area contributed by atoms with E-state index >= 15 is 0 Å². The molecule has 1 aromatic heterocycles. The molecule has 0 bridgehead atoms. The summed E-state index contributed by atoms with van der Waals surface area (Å²) in [6.07, 6.45) is 0.253. The number of hydrogen-bond donors (Lipinski definition) is 7. The number of alkyl halides is 2. The van der Waals surface area contributed by atoms with Crippen molar-refractivity contribution in [2.75, 3.05) is 98.2 Å². The SMILES string of the molecule is N#C[C@@H]1CC(F)(F)CN1C(=O)CNC(=O)c1cc(CNC(=O)CCC(=O)CC(CCCCNC(=O)CN2CCN(CC(=O)O)CCN(CC(=O)O)CCN(CC(=O)O)CC2)C(=O)O)ncc1Cl. The Morgan fingerprint density at radius 1 is 0.776 bits per heavy atom. The Morgan fingerprint density at radius 2 is 1.31 bits per heavy atom. The molecule has 0 radical (unpaired) electrons. The van der Waals surface area contributed by atoms with Gasteiger partial charge >= 0.3 is 23.9 Å². The van der Waals surface area contributed by atoms with E-state index in [1.54, 1.807) is 25.7 Å². The summed E-state index contributed by atoms with van der Waals surface area (Å²) in [7, 11) is 0. The summed E-state index contributed by atoms with van der Waals surface area (Å²) in [6, 6.07) is 1.54. The molecular formula is C41H57ClF2N10O13. The van der Waals surface area contributed by atoms with E-state index in [0.29, 0.717) is 17.7 Å². The van der Waals surface area contributed by atoms with Gasteiger partial charge in [-0.3, -0.25) is 67.7 Å². The number of carboxylic acid groups (broad SMARTS) is 4. The maximum Gasteiger partial charge on any atom is 0.317 e. The molecule has 0 spiro atoms. The van der Waals surface area contributed by atoms with Crippen molar-refractivity contribution in [1.29, 1.82) is 5.26 Å². The lowest BCUT2D eigenvalue weighted by atomic mass is 9.94. The Morgan fingerprint density at radius 3 is 1.82 bits per heavy atom. The number of rotatable bonds is 24. The number of ketones is 1. The molecule has 2 aliphatic rings. The third kappa shape index (κ3) is 21.1. The highest BCUT2D eigenvalue weighted by Crippen LogP contribution is 2.31. The first-order chi connectivity index (χ1) is 31.6. The highest BCUT2D eigenvalue weighted by molar-refractivity contribution is 6.33. The molecule has 4 amide bonds. The highest BCUT2D eigenvalue weighted by Gasteiger charge is 2.47. The summed E-state index contributed by atoms with van der Waals surface area (Å²) in [5, 5.41) is 54.5. The van der Waals surface area contributed by atoms with Crippen LogP contribution in [0.5, 0.6) is 0 Å². The first kappa shape index (κ1) is 55.4. The largest absolute Gasteiger partial charge is 0.481 e. The molecule has 23 nitrogen and oxygen atoms in total. The van der Waals surface area contributed by atoms with Crippen LogP contribution >= 0.6 is 11.6 Å². The molecular weight excluding hydrogens is 914 g/mol. The van der Waals surface area contributed by atoms with Gasteiger partial charge in [0.15, 0.2) is 0 Å². The minimum absolute atomic E-state index is 0.0929. The van der Waals surface area contributed by atoms with Gasteiger partial charge in [0.25, 0.3) is 11.8 Å². The van der Waals surface area contributed by atoms with Gasteiger partial charge in [-0.1, -0.05) is 18.0 Å². The van der Waals surface area contributed by atoms with Crippen molar-refractivity contribution in [3.05, 3.63) is 28.5 Å². The van der Waals surface area contributed by atoms with Gasteiger partial charge in [0, 0.05) is 90.8 Å². The molecule has 26 heteroatoms. The smallest absolute Gasteiger partial charge is 0.317 e. The van der Waals surface area contributed by atoms with Crippen LogP contribution in [0.3, 0.4) is 0 Å². The first-order valence-electron chi connectivity index (χ1n) is 21.5. The number of pyridine rings is 1. The Balaban J connectivity index is 1.41. The fourth-order valence-electron chi connectivity index (χ4n) is 7.31. The van der Waals surface area contributed by atoms with Crippen LogP contribution in [0.4, 0.5) is 8.78 Å². The van der Waals surface area contributed by atoms with Gasteiger partial charge in [-0.2, -0.15) is 5.26 Å². The number of unbranched alkanes of at least 4 members (excludes halogenated alkanes) is 1. The fraction of sp³-hybridized carbons (Fsp3) is 0.634.